The maximum atomic E-state index is 14.0. The maximum absolute atomic E-state index is 14.0. The Morgan fingerprint density at radius 2 is 1.50 bits per heavy atom. The average molecular weight is 652 g/mol. The molecule has 2 amide bonds. The first-order chi connectivity index (χ1) is 22.9. The summed E-state index contributed by atoms with van der Waals surface area (Å²) in [6.45, 7) is 9.26. The fraction of sp³-hybridized carbons (Fsp3) is 0.385. The lowest BCUT2D eigenvalue weighted by Crippen LogP contribution is -2.55. The number of ether oxygens (including phenoxy) is 2. The fourth-order valence-corrected chi connectivity index (χ4v) is 6.27. The number of carbonyl (C=O) groups excluding carboxylic acids is 4. The smallest absolute Gasteiger partial charge is 0.407 e. The molecule has 9 nitrogen and oxygen atoms in total. The molecule has 2 aliphatic rings. The summed E-state index contributed by atoms with van der Waals surface area (Å²) in [7, 11) is 0. The number of carbonyl (C=O) groups is 4. The van der Waals surface area contributed by atoms with Gasteiger partial charge < -0.3 is 25.0 Å². The molecule has 1 aliphatic carbocycles. The molecule has 3 aromatic carbocycles. The van der Waals surface area contributed by atoms with E-state index in [-0.39, 0.29) is 37.3 Å². The van der Waals surface area contributed by atoms with E-state index in [9.17, 15) is 19.2 Å². The highest BCUT2D eigenvalue weighted by Crippen LogP contribution is 2.44. The van der Waals surface area contributed by atoms with Crippen molar-refractivity contribution in [1.82, 2.24) is 15.5 Å². The molecule has 0 bridgehead atoms. The fourth-order valence-electron chi connectivity index (χ4n) is 6.27. The molecule has 0 fully saturated rings. The van der Waals surface area contributed by atoms with Gasteiger partial charge in [-0.25, -0.2) is 9.59 Å². The van der Waals surface area contributed by atoms with Gasteiger partial charge in [0.1, 0.15) is 24.3 Å². The summed E-state index contributed by atoms with van der Waals surface area (Å²) in [5, 5.41) is 6.00. The van der Waals surface area contributed by atoms with Crippen LogP contribution in [0.25, 0.3) is 11.1 Å². The molecule has 1 aliphatic heterocycles. The van der Waals surface area contributed by atoms with Crippen molar-refractivity contribution in [2.75, 3.05) is 19.7 Å². The van der Waals surface area contributed by atoms with Crippen LogP contribution in [-0.2, 0) is 30.3 Å². The molecule has 0 spiro atoms. The number of fused-ring (bicyclic) bond motifs is 3. The number of hydrogen-bond donors (Lipinski definition) is 2. The monoisotopic (exact) mass is 651 g/mol. The number of nitrogens with zero attached hydrogens (tertiary/aromatic N) is 1. The van der Waals surface area contributed by atoms with Gasteiger partial charge in [0.25, 0.3) is 0 Å². The van der Waals surface area contributed by atoms with E-state index in [0.717, 1.165) is 27.8 Å². The van der Waals surface area contributed by atoms with Gasteiger partial charge in [-0.15, -0.1) is 0 Å². The summed E-state index contributed by atoms with van der Waals surface area (Å²) >= 11 is 0. The average Bonchev–Trinajstić information content (AvgIpc) is 3.38. The third-order valence-corrected chi connectivity index (χ3v) is 8.78. The topological polar surface area (TPSA) is 114 Å². The lowest BCUT2D eigenvalue weighted by atomic mass is 9.97. The van der Waals surface area contributed by atoms with Crippen LogP contribution in [-0.4, -0.2) is 66.0 Å². The van der Waals surface area contributed by atoms with Crippen molar-refractivity contribution in [2.24, 2.45) is 5.92 Å². The van der Waals surface area contributed by atoms with Crippen LogP contribution in [0.15, 0.2) is 90.6 Å². The zero-order chi connectivity index (χ0) is 34.4. The standard InChI is InChI=1S/C39H45N3O6/c1-6-25(2)35(41-38(46)47-24-33-31-18-12-10-16-29(31)30-17-11-13-19-32(30)33)36(44)42-22-27(21-28(43)23-42)40-34(37(45)48-39(3,4)5)20-26-14-8-7-9-15-26/h7-19,21,25,33-35,40H,6,20,22-24H2,1-5H3,(H,41,46)/t25-,34-,35-/m0/s1. The summed E-state index contributed by atoms with van der Waals surface area (Å²) in [6.07, 6.45) is 1.68. The van der Waals surface area contributed by atoms with Gasteiger partial charge >= 0.3 is 12.1 Å². The van der Waals surface area contributed by atoms with E-state index < -0.39 is 35.7 Å². The van der Waals surface area contributed by atoms with E-state index in [0.29, 0.717) is 18.5 Å². The Labute approximate surface area is 282 Å². The highest BCUT2D eigenvalue weighted by molar-refractivity contribution is 5.97. The van der Waals surface area contributed by atoms with E-state index in [1.165, 1.54) is 11.0 Å². The Kier molecular flexibility index (Phi) is 10.7. The molecule has 3 aromatic rings. The van der Waals surface area contributed by atoms with Gasteiger partial charge in [0.05, 0.1) is 13.1 Å². The molecule has 0 radical (unpaired) electrons. The summed E-state index contributed by atoms with van der Waals surface area (Å²) in [6, 6.07) is 24.0. The van der Waals surface area contributed by atoms with E-state index in [1.807, 2.05) is 80.6 Å². The minimum absolute atomic E-state index is 0.0674. The van der Waals surface area contributed by atoms with Gasteiger partial charge in [-0.2, -0.15) is 0 Å². The van der Waals surface area contributed by atoms with E-state index in [1.54, 1.807) is 20.8 Å². The first-order valence-electron chi connectivity index (χ1n) is 16.6. The van der Waals surface area contributed by atoms with Crippen LogP contribution >= 0.6 is 0 Å². The zero-order valence-electron chi connectivity index (χ0n) is 28.3. The van der Waals surface area contributed by atoms with Crippen LogP contribution in [0.2, 0.25) is 0 Å². The molecule has 1 heterocycles. The molecular weight excluding hydrogens is 606 g/mol. The van der Waals surface area contributed by atoms with Crippen LogP contribution in [0.1, 0.15) is 63.6 Å². The second-order valence-electron chi connectivity index (χ2n) is 13.6. The van der Waals surface area contributed by atoms with E-state index >= 15 is 0 Å². The molecule has 5 rings (SSSR count). The van der Waals surface area contributed by atoms with Crippen molar-refractivity contribution in [2.45, 2.75) is 71.1 Å². The first kappa shape index (κ1) is 34.4. The molecule has 9 heteroatoms. The molecule has 0 saturated carbocycles. The number of hydrogen-bond acceptors (Lipinski definition) is 7. The minimum Gasteiger partial charge on any atom is -0.458 e. The summed E-state index contributed by atoms with van der Waals surface area (Å²) in [5.41, 5.74) is 5.07. The zero-order valence-corrected chi connectivity index (χ0v) is 28.3. The van der Waals surface area contributed by atoms with Crippen LogP contribution in [0.3, 0.4) is 0 Å². The minimum atomic E-state index is -0.913. The lowest BCUT2D eigenvalue weighted by molar-refractivity contribution is -0.157. The Morgan fingerprint density at radius 1 is 0.896 bits per heavy atom. The van der Waals surface area contributed by atoms with Gasteiger partial charge in [-0.05, 0) is 54.5 Å². The number of alkyl carbamates (subject to hydrolysis) is 1. The number of ketones is 1. The normalized spacial score (nSPS) is 16.1. The molecule has 252 valence electrons. The van der Waals surface area contributed by atoms with Gasteiger partial charge in [0, 0.05) is 24.1 Å². The van der Waals surface area contributed by atoms with Crippen molar-refractivity contribution >= 4 is 23.8 Å². The molecule has 48 heavy (non-hydrogen) atoms. The summed E-state index contributed by atoms with van der Waals surface area (Å²) in [4.78, 5) is 54.8. The maximum Gasteiger partial charge on any atom is 0.407 e. The SMILES string of the molecule is CC[C@H](C)[C@H](NC(=O)OCC1c2ccccc2-c2ccccc21)C(=O)N1CC(=O)C=C(N[C@@H](Cc2ccccc2)C(=O)OC(C)(C)C)C1. The highest BCUT2D eigenvalue weighted by Gasteiger charge is 2.35. The van der Waals surface area contributed by atoms with Crippen LogP contribution in [0, 0.1) is 5.92 Å². The van der Waals surface area contributed by atoms with E-state index in [2.05, 4.69) is 22.8 Å². The van der Waals surface area contributed by atoms with Crippen LogP contribution in [0.5, 0.6) is 0 Å². The van der Waals surface area contributed by atoms with Gasteiger partial charge in [0.2, 0.25) is 5.91 Å². The van der Waals surface area contributed by atoms with Crippen molar-refractivity contribution in [3.05, 3.63) is 107 Å². The largest absolute Gasteiger partial charge is 0.458 e. The Balaban J connectivity index is 1.26. The predicted octanol–water partition coefficient (Wildman–Crippen LogP) is 5.78. The Hall–Kier alpha value is -4.92. The molecule has 0 aromatic heterocycles. The molecule has 0 unspecified atom stereocenters. The first-order valence-corrected chi connectivity index (χ1v) is 16.6. The van der Waals surface area contributed by atoms with Crippen molar-refractivity contribution < 1.29 is 28.7 Å². The number of rotatable bonds is 11. The summed E-state index contributed by atoms with van der Waals surface area (Å²) in [5.74, 6) is -1.49. The Morgan fingerprint density at radius 3 is 2.10 bits per heavy atom. The van der Waals surface area contributed by atoms with Crippen molar-refractivity contribution in [3.63, 3.8) is 0 Å². The number of benzene rings is 3. The van der Waals surface area contributed by atoms with Gasteiger partial charge in [-0.1, -0.05) is 99.1 Å². The van der Waals surface area contributed by atoms with Crippen molar-refractivity contribution in [3.8, 4) is 11.1 Å². The molecule has 3 atom stereocenters. The molecular formula is C39H45N3O6. The lowest BCUT2D eigenvalue weighted by Gasteiger charge is -2.34. The Bertz CT molecular complexity index is 1630. The summed E-state index contributed by atoms with van der Waals surface area (Å²) < 4.78 is 11.4. The highest BCUT2D eigenvalue weighted by atomic mass is 16.6. The number of esters is 1. The quantitative estimate of drug-likeness (QED) is 0.253. The van der Waals surface area contributed by atoms with Crippen molar-refractivity contribution in [1.29, 1.82) is 0 Å². The number of nitrogens with one attached hydrogen (secondary N) is 2. The second kappa shape index (κ2) is 14.9. The molecule has 2 N–H and O–H groups in total. The van der Waals surface area contributed by atoms with E-state index in [4.69, 9.17) is 9.47 Å². The third-order valence-electron chi connectivity index (χ3n) is 8.78. The second-order valence-corrected chi connectivity index (χ2v) is 13.6. The van der Waals surface area contributed by atoms with Gasteiger partial charge in [-0.3, -0.25) is 9.59 Å². The predicted molar refractivity (Wildman–Crippen MR) is 184 cm³/mol. The van der Waals surface area contributed by atoms with Crippen LogP contribution in [0.4, 0.5) is 4.79 Å². The molecule has 0 saturated heterocycles. The van der Waals surface area contributed by atoms with Gasteiger partial charge in [0.15, 0.2) is 5.78 Å². The van der Waals surface area contributed by atoms with Crippen LogP contribution < -0.4 is 10.6 Å². The number of amides is 2. The third kappa shape index (κ3) is 8.32.